The Morgan fingerprint density at radius 3 is 2.40 bits per heavy atom. The van der Waals surface area contributed by atoms with Crippen molar-refractivity contribution in [3.8, 4) is 0 Å². The molecule has 10 heavy (non-hydrogen) atoms. The zero-order chi connectivity index (χ0) is 7.98. The molecule has 1 heterocycles. The van der Waals surface area contributed by atoms with E-state index in [0.29, 0.717) is 0 Å². The highest BCUT2D eigenvalue weighted by molar-refractivity contribution is 5.91. The third-order valence-electron chi connectivity index (χ3n) is 0.822. The van der Waals surface area contributed by atoms with Gasteiger partial charge in [-0.2, -0.15) is 0 Å². The first kappa shape index (κ1) is 9.17. The molecule has 0 aromatic heterocycles. The SMILES string of the molecule is CC.O=C1C=C(O)COC1. The standard InChI is InChI=1S/C5H6O3.C2H6/c6-4-1-5(7)3-8-2-4;1-2/h1,6H,2-3H2;1-2H3. The van der Waals surface area contributed by atoms with Gasteiger partial charge in [-0.25, -0.2) is 0 Å². The average molecular weight is 144 g/mol. The monoisotopic (exact) mass is 144 g/mol. The summed E-state index contributed by atoms with van der Waals surface area (Å²) in [5, 5.41) is 8.59. The molecule has 0 amide bonds. The molecule has 3 heteroatoms. The van der Waals surface area contributed by atoms with Crippen molar-refractivity contribution in [3.05, 3.63) is 11.8 Å². The molecule has 1 aliphatic rings. The number of rotatable bonds is 0. The Morgan fingerprint density at radius 2 is 2.10 bits per heavy atom. The Kier molecular flexibility index (Phi) is 4.58. The number of carbonyl (C=O) groups excluding carboxylic acids is 1. The molecular weight excluding hydrogens is 132 g/mol. The number of ether oxygens (including phenoxy) is 1. The van der Waals surface area contributed by atoms with Gasteiger partial charge in [0.1, 0.15) is 19.0 Å². The van der Waals surface area contributed by atoms with Crippen molar-refractivity contribution < 1.29 is 14.6 Å². The van der Waals surface area contributed by atoms with Crippen LogP contribution in [0.1, 0.15) is 13.8 Å². The molecule has 0 radical (unpaired) electrons. The predicted molar refractivity (Wildman–Crippen MR) is 37.9 cm³/mol. The molecule has 0 spiro atoms. The van der Waals surface area contributed by atoms with Crippen LogP contribution in [0.2, 0.25) is 0 Å². The molecule has 1 aliphatic heterocycles. The van der Waals surface area contributed by atoms with E-state index in [-0.39, 0.29) is 24.8 Å². The molecule has 0 fully saturated rings. The van der Waals surface area contributed by atoms with Gasteiger partial charge in [0.05, 0.1) is 0 Å². The molecular formula is C7H12O3. The highest BCUT2D eigenvalue weighted by Gasteiger charge is 2.06. The summed E-state index contributed by atoms with van der Waals surface area (Å²) in [5.74, 6) is -0.157. The van der Waals surface area contributed by atoms with Crippen LogP contribution in [0.4, 0.5) is 0 Å². The summed E-state index contributed by atoms with van der Waals surface area (Å²) in [4.78, 5) is 10.3. The van der Waals surface area contributed by atoms with Crippen molar-refractivity contribution in [3.63, 3.8) is 0 Å². The second-order valence-corrected chi connectivity index (χ2v) is 1.59. The lowest BCUT2D eigenvalue weighted by atomic mass is 10.3. The minimum Gasteiger partial charge on any atom is -0.510 e. The zero-order valence-electron chi connectivity index (χ0n) is 6.26. The van der Waals surface area contributed by atoms with Gasteiger partial charge in [0.2, 0.25) is 0 Å². The Hall–Kier alpha value is -0.830. The Labute approximate surface area is 60.3 Å². The van der Waals surface area contributed by atoms with Crippen molar-refractivity contribution in [1.29, 1.82) is 0 Å². The molecule has 0 aromatic rings. The summed E-state index contributed by atoms with van der Waals surface area (Å²) in [5.41, 5.74) is 0. The third-order valence-corrected chi connectivity index (χ3v) is 0.822. The Morgan fingerprint density at radius 1 is 1.50 bits per heavy atom. The average Bonchev–Trinajstić information content (AvgIpc) is 1.91. The summed E-state index contributed by atoms with van der Waals surface area (Å²) in [6.07, 6.45) is 1.18. The van der Waals surface area contributed by atoms with Gasteiger partial charge in [0.15, 0.2) is 5.78 Å². The molecule has 3 nitrogen and oxygen atoms in total. The lowest BCUT2D eigenvalue weighted by Crippen LogP contribution is -2.14. The molecule has 0 aliphatic carbocycles. The van der Waals surface area contributed by atoms with Crippen molar-refractivity contribution in [2.24, 2.45) is 0 Å². The van der Waals surface area contributed by atoms with E-state index in [9.17, 15) is 4.79 Å². The van der Waals surface area contributed by atoms with Gasteiger partial charge in [-0.1, -0.05) is 13.8 Å². The lowest BCUT2D eigenvalue weighted by Gasteiger charge is -2.05. The number of carbonyl (C=O) groups is 1. The molecule has 0 aromatic carbocycles. The van der Waals surface area contributed by atoms with Crippen LogP contribution in [0.15, 0.2) is 11.8 Å². The zero-order valence-corrected chi connectivity index (χ0v) is 6.26. The fourth-order valence-corrected chi connectivity index (χ4v) is 0.525. The lowest BCUT2D eigenvalue weighted by molar-refractivity contribution is -0.120. The van der Waals surface area contributed by atoms with Gasteiger partial charge in [-0.05, 0) is 0 Å². The summed E-state index contributed by atoms with van der Waals surface area (Å²) in [6.45, 7) is 4.27. The van der Waals surface area contributed by atoms with E-state index < -0.39 is 0 Å². The van der Waals surface area contributed by atoms with Crippen LogP contribution in [0.5, 0.6) is 0 Å². The van der Waals surface area contributed by atoms with Gasteiger partial charge in [-0.15, -0.1) is 0 Å². The Bertz CT molecular complexity index is 138. The molecule has 0 unspecified atom stereocenters. The van der Waals surface area contributed by atoms with E-state index >= 15 is 0 Å². The van der Waals surface area contributed by atoms with Crippen LogP contribution >= 0.6 is 0 Å². The van der Waals surface area contributed by atoms with E-state index in [1.807, 2.05) is 13.8 Å². The van der Waals surface area contributed by atoms with Crippen molar-refractivity contribution >= 4 is 5.78 Å². The van der Waals surface area contributed by atoms with E-state index in [0.717, 1.165) is 0 Å². The van der Waals surface area contributed by atoms with Crippen LogP contribution in [0.25, 0.3) is 0 Å². The van der Waals surface area contributed by atoms with Crippen LogP contribution in [0.3, 0.4) is 0 Å². The van der Waals surface area contributed by atoms with E-state index in [4.69, 9.17) is 5.11 Å². The largest absolute Gasteiger partial charge is 0.510 e. The summed E-state index contributed by atoms with van der Waals surface area (Å²) in [6, 6.07) is 0. The molecule has 0 atom stereocenters. The first-order valence-electron chi connectivity index (χ1n) is 3.29. The summed E-state index contributed by atoms with van der Waals surface area (Å²) >= 11 is 0. The normalized spacial score (nSPS) is 17.0. The van der Waals surface area contributed by atoms with Crippen LogP contribution in [0, 0.1) is 0 Å². The third kappa shape index (κ3) is 3.25. The number of hydrogen-bond donors (Lipinski definition) is 1. The van der Waals surface area contributed by atoms with Crippen molar-refractivity contribution in [1.82, 2.24) is 0 Å². The van der Waals surface area contributed by atoms with Gasteiger partial charge < -0.3 is 9.84 Å². The van der Waals surface area contributed by atoms with E-state index in [1.54, 1.807) is 0 Å². The van der Waals surface area contributed by atoms with Crippen LogP contribution < -0.4 is 0 Å². The second-order valence-electron chi connectivity index (χ2n) is 1.59. The molecule has 1 rings (SSSR count). The molecule has 0 saturated heterocycles. The minimum absolute atomic E-state index is 0.0150. The van der Waals surface area contributed by atoms with E-state index in [2.05, 4.69) is 4.74 Å². The first-order valence-corrected chi connectivity index (χ1v) is 3.29. The predicted octanol–water partition coefficient (Wildman–Crippen LogP) is 1.05. The highest BCUT2D eigenvalue weighted by atomic mass is 16.5. The molecule has 0 bridgehead atoms. The van der Waals surface area contributed by atoms with Gasteiger partial charge >= 0.3 is 0 Å². The number of aliphatic hydroxyl groups excluding tert-OH is 1. The fraction of sp³-hybridized carbons (Fsp3) is 0.571. The first-order chi connectivity index (χ1) is 4.79. The van der Waals surface area contributed by atoms with Crippen LogP contribution in [-0.2, 0) is 9.53 Å². The second kappa shape index (κ2) is 4.99. The number of hydrogen-bond acceptors (Lipinski definition) is 3. The Balaban J connectivity index is 0.000000371. The fourth-order valence-electron chi connectivity index (χ4n) is 0.525. The smallest absolute Gasteiger partial charge is 0.184 e. The minimum atomic E-state index is -0.172. The molecule has 58 valence electrons. The number of aliphatic hydroxyl groups is 1. The van der Waals surface area contributed by atoms with Crippen molar-refractivity contribution in [2.75, 3.05) is 13.2 Å². The molecule has 1 N–H and O–H groups in total. The van der Waals surface area contributed by atoms with Crippen LogP contribution in [-0.4, -0.2) is 24.1 Å². The summed E-state index contributed by atoms with van der Waals surface area (Å²) in [7, 11) is 0. The quantitative estimate of drug-likeness (QED) is 0.552. The van der Waals surface area contributed by atoms with Crippen molar-refractivity contribution in [2.45, 2.75) is 13.8 Å². The summed E-state index contributed by atoms with van der Waals surface area (Å²) < 4.78 is 4.63. The number of ketones is 1. The van der Waals surface area contributed by atoms with Gasteiger partial charge in [-0.3, -0.25) is 4.79 Å². The maximum atomic E-state index is 10.3. The van der Waals surface area contributed by atoms with Gasteiger partial charge in [0.25, 0.3) is 0 Å². The van der Waals surface area contributed by atoms with Gasteiger partial charge in [0, 0.05) is 6.08 Å². The molecule has 0 saturated carbocycles. The van der Waals surface area contributed by atoms with E-state index in [1.165, 1.54) is 6.08 Å². The maximum absolute atomic E-state index is 10.3. The topological polar surface area (TPSA) is 46.5 Å². The maximum Gasteiger partial charge on any atom is 0.184 e. The highest BCUT2D eigenvalue weighted by Crippen LogP contribution is 1.97.